The molecule has 2 nitrogen and oxygen atoms in total. The lowest BCUT2D eigenvalue weighted by Gasteiger charge is -2.06. The van der Waals surface area contributed by atoms with Crippen LogP contribution in [-0.4, -0.2) is 24.3 Å². The molecular formula is C7H11F2NO. The minimum absolute atomic E-state index is 0.123. The van der Waals surface area contributed by atoms with Crippen LogP contribution in [0.4, 0.5) is 8.78 Å². The number of hydrogen-bond donors (Lipinski definition) is 1. The van der Waals surface area contributed by atoms with E-state index in [9.17, 15) is 13.6 Å². The summed E-state index contributed by atoms with van der Waals surface area (Å²) in [6.07, 6.45) is -0.00653. The minimum Gasteiger partial charge on any atom is -0.302 e. The van der Waals surface area contributed by atoms with Gasteiger partial charge in [-0.1, -0.05) is 6.92 Å². The number of hydrogen-bond acceptors (Lipinski definition) is 2. The van der Waals surface area contributed by atoms with Gasteiger partial charge in [0, 0.05) is 12.8 Å². The van der Waals surface area contributed by atoms with Gasteiger partial charge in [-0.15, -0.1) is 0 Å². The first kappa shape index (κ1) is 8.59. The Hall–Kier alpha value is -0.510. The number of rotatable bonds is 2. The zero-order valence-corrected chi connectivity index (χ0v) is 6.36. The van der Waals surface area contributed by atoms with Crippen molar-refractivity contribution in [3.05, 3.63) is 0 Å². The molecule has 0 bridgehead atoms. The summed E-state index contributed by atoms with van der Waals surface area (Å²) in [6, 6.07) is -0.616. The number of ketones is 1. The van der Waals surface area contributed by atoms with Crippen LogP contribution in [0.3, 0.4) is 0 Å². The van der Waals surface area contributed by atoms with Gasteiger partial charge in [-0.25, -0.2) is 8.78 Å². The molecule has 64 valence electrons. The first-order valence-corrected chi connectivity index (χ1v) is 3.69. The summed E-state index contributed by atoms with van der Waals surface area (Å²) in [5, 5.41) is 2.50. The fourth-order valence-corrected chi connectivity index (χ4v) is 1.19. The lowest BCUT2D eigenvalue weighted by atomic mass is 10.1. The monoisotopic (exact) mass is 163 g/mol. The molecule has 1 atom stereocenters. The molecular weight excluding hydrogens is 152 g/mol. The van der Waals surface area contributed by atoms with Crippen molar-refractivity contribution < 1.29 is 13.6 Å². The minimum atomic E-state index is -2.69. The molecule has 1 saturated heterocycles. The Labute approximate surface area is 64.0 Å². The van der Waals surface area contributed by atoms with Crippen molar-refractivity contribution in [2.75, 3.05) is 6.54 Å². The van der Waals surface area contributed by atoms with E-state index in [1.807, 2.05) is 0 Å². The Morgan fingerprint density at radius 3 is 2.73 bits per heavy atom. The fraction of sp³-hybridized carbons (Fsp3) is 0.857. The summed E-state index contributed by atoms with van der Waals surface area (Å²) in [4.78, 5) is 10.9. The summed E-state index contributed by atoms with van der Waals surface area (Å²) >= 11 is 0. The van der Waals surface area contributed by atoms with E-state index in [2.05, 4.69) is 5.32 Å². The van der Waals surface area contributed by atoms with Crippen molar-refractivity contribution in [2.45, 2.75) is 31.7 Å². The number of nitrogens with one attached hydrogen (secondary N) is 1. The predicted molar refractivity (Wildman–Crippen MR) is 36.7 cm³/mol. The molecule has 0 aromatic heterocycles. The van der Waals surface area contributed by atoms with Crippen LogP contribution in [0.5, 0.6) is 0 Å². The van der Waals surface area contributed by atoms with Crippen molar-refractivity contribution in [3.63, 3.8) is 0 Å². The van der Waals surface area contributed by atoms with E-state index in [4.69, 9.17) is 0 Å². The average Bonchev–Trinajstić information content (AvgIpc) is 2.29. The maximum absolute atomic E-state index is 12.5. The van der Waals surface area contributed by atoms with Gasteiger partial charge in [-0.05, 0) is 0 Å². The summed E-state index contributed by atoms with van der Waals surface area (Å²) in [5.41, 5.74) is 0. The molecule has 0 aromatic rings. The maximum atomic E-state index is 12.5. The van der Waals surface area contributed by atoms with Gasteiger partial charge < -0.3 is 5.32 Å². The van der Waals surface area contributed by atoms with Crippen LogP contribution in [-0.2, 0) is 4.79 Å². The molecule has 0 spiro atoms. The van der Waals surface area contributed by atoms with E-state index in [-0.39, 0.29) is 18.7 Å². The second-order valence-corrected chi connectivity index (χ2v) is 2.81. The third-order valence-electron chi connectivity index (χ3n) is 1.85. The molecule has 1 aliphatic heterocycles. The van der Waals surface area contributed by atoms with E-state index >= 15 is 0 Å². The largest absolute Gasteiger partial charge is 0.302 e. The number of Topliss-reactive ketones (excluding diaryl/α,β-unsaturated/α-hetero) is 1. The molecule has 0 amide bonds. The van der Waals surface area contributed by atoms with Gasteiger partial charge in [0.25, 0.3) is 5.92 Å². The fourth-order valence-electron chi connectivity index (χ4n) is 1.19. The molecule has 1 aliphatic rings. The van der Waals surface area contributed by atoms with Crippen LogP contribution >= 0.6 is 0 Å². The maximum Gasteiger partial charge on any atom is 0.262 e. The van der Waals surface area contributed by atoms with Crippen molar-refractivity contribution in [1.29, 1.82) is 0 Å². The number of carbonyl (C=O) groups excluding carboxylic acids is 1. The first-order valence-electron chi connectivity index (χ1n) is 3.69. The summed E-state index contributed by atoms with van der Waals surface area (Å²) in [7, 11) is 0. The zero-order valence-electron chi connectivity index (χ0n) is 6.36. The topological polar surface area (TPSA) is 29.1 Å². The van der Waals surface area contributed by atoms with Crippen molar-refractivity contribution >= 4 is 5.78 Å². The standard InChI is InChI=1S/C7H11F2NO/c1-2-6(11)5-3-7(8,9)4-10-5/h5,10H,2-4H2,1H3/t5-/m0/s1. The van der Waals surface area contributed by atoms with Gasteiger partial charge >= 0.3 is 0 Å². The highest BCUT2D eigenvalue weighted by Gasteiger charge is 2.41. The van der Waals surface area contributed by atoms with E-state index in [0.29, 0.717) is 6.42 Å². The number of halogens is 2. The summed E-state index contributed by atoms with van der Waals surface area (Å²) in [5.74, 6) is -2.81. The molecule has 1 fully saturated rings. The lowest BCUT2D eigenvalue weighted by molar-refractivity contribution is -0.121. The van der Waals surface area contributed by atoms with Crippen molar-refractivity contribution in [1.82, 2.24) is 5.32 Å². The van der Waals surface area contributed by atoms with Crippen LogP contribution in [0.15, 0.2) is 0 Å². The second-order valence-electron chi connectivity index (χ2n) is 2.81. The number of carbonyl (C=O) groups is 1. The van der Waals surface area contributed by atoms with Crippen LogP contribution in [0.25, 0.3) is 0 Å². The highest BCUT2D eigenvalue weighted by atomic mass is 19.3. The third kappa shape index (κ3) is 1.96. The van der Waals surface area contributed by atoms with Crippen molar-refractivity contribution in [3.8, 4) is 0 Å². The molecule has 1 heterocycles. The Morgan fingerprint density at radius 2 is 2.36 bits per heavy atom. The van der Waals surface area contributed by atoms with E-state index in [1.165, 1.54) is 0 Å². The Morgan fingerprint density at radius 1 is 1.73 bits per heavy atom. The van der Waals surface area contributed by atoms with Gasteiger partial charge in [0.05, 0.1) is 12.6 Å². The van der Waals surface area contributed by atoms with Crippen molar-refractivity contribution in [2.24, 2.45) is 0 Å². The Kier molecular flexibility index (Phi) is 2.23. The van der Waals surface area contributed by atoms with Crippen LogP contribution in [0.2, 0.25) is 0 Å². The predicted octanol–water partition coefficient (Wildman–Crippen LogP) is 0.963. The molecule has 0 unspecified atom stereocenters. The molecule has 0 radical (unpaired) electrons. The second kappa shape index (κ2) is 2.85. The van der Waals surface area contributed by atoms with Gasteiger partial charge in [-0.2, -0.15) is 0 Å². The van der Waals surface area contributed by atoms with Gasteiger partial charge in [0.2, 0.25) is 0 Å². The lowest BCUT2D eigenvalue weighted by Crippen LogP contribution is -2.29. The molecule has 0 aliphatic carbocycles. The van der Waals surface area contributed by atoms with E-state index < -0.39 is 12.0 Å². The van der Waals surface area contributed by atoms with E-state index in [1.54, 1.807) is 6.92 Å². The SMILES string of the molecule is CCC(=O)[C@@H]1CC(F)(F)CN1. The first-order chi connectivity index (χ1) is 5.05. The molecule has 0 saturated carbocycles. The smallest absolute Gasteiger partial charge is 0.262 e. The highest BCUT2D eigenvalue weighted by Crippen LogP contribution is 2.25. The van der Waals surface area contributed by atoms with Gasteiger partial charge in [0.15, 0.2) is 0 Å². The summed E-state index contributed by atoms with van der Waals surface area (Å²) in [6.45, 7) is 1.32. The van der Waals surface area contributed by atoms with Gasteiger partial charge in [-0.3, -0.25) is 4.79 Å². The molecule has 1 rings (SSSR count). The molecule has 11 heavy (non-hydrogen) atoms. The zero-order chi connectivity index (χ0) is 8.48. The average molecular weight is 163 g/mol. The molecule has 0 aromatic carbocycles. The Bertz CT molecular complexity index is 170. The van der Waals surface area contributed by atoms with E-state index in [0.717, 1.165) is 0 Å². The van der Waals surface area contributed by atoms with Crippen LogP contribution in [0, 0.1) is 0 Å². The molecule has 4 heteroatoms. The highest BCUT2D eigenvalue weighted by molar-refractivity contribution is 5.84. The van der Waals surface area contributed by atoms with Gasteiger partial charge in [0.1, 0.15) is 5.78 Å². The Balaban J connectivity index is 2.48. The normalized spacial score (nSPS) is 28.8. The number of alkyl halides is 2. The summed E-state index contributed by atoms with van der Waals surface area (Å²) < 4.78 is 25.0. The van der Waals surface area contributed by atoms with Crippen LogP contribution in [0.1, 0.15) is 19.8 Å². The third-order valence-corrected chi connectivity index (χ3v) is 1.85. The molecule has 1 N–H and O–H groups in total. The quantitative estimate of drug-likeness (QED) is 0.657. The van der Waals surface area contributed by atoms with Crippen LogP contribution < -0.4 is 5.32 Å².